The van der Waals surface area contributed by atoms with Gasteiger partial charge >= 0.3 is 23.9 Å². The molecule has 4 aliphatic rings. The number of non-ortho nitro benzene ring substituents is 1. The van der Waals surface area contributed by atoms with Crippen LogP contribution in [0.25, 0.3) is 0 Å². The molecule has 246 valence electrons. The molecule has 0 spiro atoms. The summed E-state index contributed by atoms with van der Waals surface area (Å²) < 4.78 is 16.8. The van der Waals surface area contributed by atoms with Crippen molar-refractivity contribution in [3.8, 4) is 0 Å². The van der Waals surface area contributed by atoms with E-state index in [4.69, 9.17) is 19.0 Å². The van der Waals surface area contributed by atoms with Gasteiger partial charge in [0.25, 0.3) is 5.69 Å². The molecule has 47 heavy (non-hydrogen) atoms. The van der Waals surface area contributed by atoms with Crippen LogP contribution in [0.1, 0.15) is 50.7 Å². The van der Waals surface area contributed by atoms with Crippen molar-refractivity contribution in [3.05, 3.63) is 111 Å². The summed E-state index contributed by atoms with van der Waals surface area (Å²) in [6, 6.07) is 14.4. The summed E-state index contributed by atoms with van der Waals surface area (Å²) in [7, 11) is 1.09. The Kier molecular flexibility index (Phi) is 9.56. The van der Waals surface area contributed by atoms with Crippen LogP contribution in [0.2, 0.25) is 0 Å². The van der Waals surface area contributed by atoms with Crippen molar-refractivity contribution < 1.29 is 43.1 Å². The molecule has 4 aliphatic heterocycles. The Balaban J connectivity index is 1.87. The number of hydrogen-bond donors (Lipinski definition) is 0. The number of nitrogens with zero attached hydrogens (tertiary/aromatic N) is 3. The van der Waals surface area contributed by atoms with Gasteiger partial charge in [-0.2, -0.15) is 5.06 Å². The summed E-state index contributed by atoms with van der Waals surface area (Å²) in [4.78, 5) is 73.9. The zero-order chi connectivity index (χ0) is 33.9. The molecule has 0 aromatic heterocycles. The maximum absolute atomic E-state index is 14.3. The molecule has 2 bridgehead atoms. The lowest BCUT2D eigenvalue weighted by Gasteiger charge is -2.46. The van der Waals surface area contributed by atoms with Gasteiger partial charge in [-0.3, -0.25) is 15.0 Å². The number of nitro benzene ring substituents is 1. The van der Waals surface area contributed by atoms with Crippen molar-refractivity contribution in [1.29, 1.82) is 0 Å². The minimum absolute atomic E-state index is 0.0277. The van der Waals surface area contributed by atoms with E-state index < -0.39 is 51.7 Å². The van der Waals surface area contributed by atoms with Gasteiger partial charge in [-0.15, -0.1) is 0 Å². The molecule has 0 saturated carbocycles. The predicted molar refractivity (Wildman–Crippen MR) is 166 cm³/mol. The number of carbonyl (C=O) groups excluding carboxylic acids is 4. The molecule has 3 unspecified atom stereocenters. The molecule has 0 aliphatic carbocycles. The molecule has 1 saturated heterocycles. The van der Waals surface area contributed by atoms with Crippen LogP contribution in [-0.4, -0.2) is 71.6 Å². The molecule has 13 heteroatoms. The summed E-state index contributed by atoms with van der Waals surface area (Å²) >= 11 is 0. The molecule has 0 N–H and O–H groups in total. The Labute approximate surface area is 271 Å². The fourth-order valence-electron chi connectivity index (χ4n) is 6.63. The highest BCUT2D eigenvalue weighted by Gasteiger charge is 2.59. The van der Waals surface area contributed by atoms with Crippen LogP contribution in [0.15, 0.2) is 89.3 Å². The van der Waals surface area contributed by atoms with Gasteiger partial charge in [0.2, 0.25) is 5.60 Å². The summed E-state index contributed by atoms with van der Waals surface area (Å²) in [5.41, 5.74) is -2.44. The van der Waals surface area contributed by atoms with E-state index in [-0.39, 0.29) is 35.1 Å². The zero-order valence-electron chi connectivity index (χ0n) is 26.5. The van der Waals surface area contributed by atoms with Gasteiger partial charge in [0.15, 0.2) is 0 Å². The Morgan fingerprint density at radius 1 is 1.04 bits per heavy atom. The second kappa shape index (κ2) is 13.6. The van der Waals surface area contributed by atoms with E-state index in [0.717, 1.165) is 42.4 Å². The largest absolute Gasteiger partial charge is 0.465 e. The number of methoxy groups -OCH3 is 1. The minimum atomic E-state index is -2.42. The molecule has 4 heterocycles. The van der Waals surface area contributed by atoms with Crippen molar-refractivity contribution in [2.75, 3.05) is 26.8 Å². The number of benzene rings is 2. The SMILES string of the molecule is CCOC(=O)C1=C(C(CC)N2CCC(c3ccccc3)C2)N2OC(=O)/C=C/C(=O)OC1(c1cccc([N+](=O)[O-])c1)C(C(=O)OC)=C2C. The predicted octanol–water partition coefficient (Wildman–Crippen LogP) is 4.21. The van der Waals surface area contributed by atoms with Crippen LogP contribution in [0.5, 0.6) is 0 Å². The normalized spacial score (nSPS) is 22.8. The number of hydrogen-bond acceptors (Lipinski definition) is 12. The second-order valence-electron chi connectivity index (χ2n) is 11.2. The minimum Gasteiger partial charge on any atom is -0.465 e. The van der Waals surface area contributed by atoms with E-state index in [1.165, 1.54) is 25.1 Å². The Morgan fingerprint density at radius 2 is 1.77 bits per heavy atom. The lowest BCUT2D eigenvalue weighted by atomic mass is 9.73. The first-order valence-electron chi connectivity index (χ1n) is 15.3. The van der Waals surface area contributed by atoms with E-state index in [2.05, 4.69) is 4.90 Å². The van der Waals surface area contributed by atoms with Gasteiger partial charge in [-0.1, -0.05) is 49.4 Å². The van der Waals surface area contributed by atoms with Crippen LogP contribution >= 0.6 is 0 Å². The van der Waals surface area contributed by atoms with Gasteiger partial charge in [-0.05, 0) is 44.7 Å². The molecule has 3 atom stereocenters. The molecule has 13 nitrogen and oxygen atoms in total. The number of fused-ring (bicyclic) bond motifs is 4. The van der Waals surface area contributed by atoms with E-state index in [1.807, 2.05) is 37.3 Å². The molecular formula is C34H35N3O10. The first kappa shape index (κ1) is 33.1. The highest BCUT2D eigenvalue weighted by Crippen LogP contribution is 2.52. The zero-order valence-corrected chi connectivity index (χ0v) is 26.5. The molecule has 1 fully saturated rings. The average Bonchev–Trinajstić information content (AvgIpc) is 3.56. The number of esters is 3. The first-order chi connectivity index (χ1) is 22.6. The molecule has 2 aromatic rings. The number of ether oxygens (including phenoxy) is 3. The number of allylic oxidation sites excluding steroid dienone is 1. The molecule has 6 rings (SSSR count). The van der Waals surface area contributed by atoms with Crippen molar-refractivity contribution >= 4 is 29.6 Å². The fraction of sp³-hybridized carbons (Fsp3) is 0.353. The second-order valence-corrected chi connectivity index (χ2v) is 11.2. The Morgan fingerprint density at radius 3 is 2.43 bits per heavy atom. The highest BCUT2D eigenvalue weighted by atomic mass is 16.7. The number of rotatable bonds is 9. The fourth-order valence-corrected chi connectivity index (χ4v) is 6.63. The van der Waals surface area contributed by atoms with Crippen LogP contribution in [0.4, 0.5) is 5.69 Å². The van der Waals surface area contributed by atoms with Crippen molar-refractivity contribution in [2.45, 2.75) is 51.2 Å². The monoisotopic (exact) mass is 645 g/mol. The van der Waals surface area contributed by atoms with Crippen molar-refractivity contribution in [2.24, 2.45) is 0 Å². The smallest absolute Gasteiger partial charge is 0.356 e. The standard InChI is InChI=1S/C34H35N3O10/c1-5-26(35-18-17-23(20-35)22-11-8-7-9-12-22)31-30(33(41)45-6-2)34(24-13-10-14-25(19-24)37(42)43)29(32(40)44-4)21(3)36(31)47-28(39)16-15-27(38)46-34/h7-16,19,23,26H,5-6,17-18,20H2,1-4H3/b16-15+. The van der Waals surface area contributed by atoms with Gasteiger partial charge < -0.3 is 19.0 Å². The highest BCUT2D eigenvalue weighted by molar-refractivity contribution is 6.03. The van der Waals surface area contributed by atoms with Crippen molar-refractivity contribution in [1.82, 2.24) is 9.96 Å². The van der Waals surface area contributed by atoms with Crippen LogP contribution in [-0.2, 0) is 43.8 Å². The van der Waals surface area contributed by atoms with E-state index in [1.54, 1.807) is 6.92 Å². The summed E-state index contributed by atoms with van der Waals surface area (Å²) in [6.07, 6.45) is 2.82. The number of carbonyl (C=O) groups is 4. The van der Waals surface area contributed by atoms with Gasteiger partial charge in [-0.25, -0.2) is 19.2 Å². The number of nitro groups is 1. The van der Waals surface area contributed by atoms with E-state index in [9.17, 15) is 29.3 Å². The summed E-state index contributed by atoms with van der Waals surface area (Å²) in [6.45, 7) is 5.97. The van der Waals surface area contributed by atoms with Crippen LogP contribution in [0.3, 0.4) is 0 Å². The first-order valence-corrected chi connectivity index (χ1v) is 15.3. The van der Waals surface area contributed by atoms with Crippen LogP contribution in [0, 0.1) is 10.1 Å². The summed E-state index contributed by atoms with van der Waals surface area (Å²) in [5, 5.41) is 13.1. The molecule has 0 radical (unpaired) electrons. The third-order valence-corrected chi connectivity index (χ3v) is 8.60. The van der Waals surface area contributed by atoms with E-state index >= 15 is 0 Å². The third kappa shape index (κ3) is 6.01. The molecule has 0 amide bonds. The van der Waals surface area contributed by atoms with Gasteiger partial charge in [0.1, 0.15) is 11.1 Å². The lowest BCUT2D eigenvalue weighted by molar-refractivity contribution is -0.385. The van der Waals surface area contributed by atoms with E-state index in [0.29, 0.717) is 19.5 Å². The van der Waals surface area contributed by atoms with Gasteiger partial charge in [0.05, 0.1) is 36.1 Å². The van der Waals surface area contributed by atoms with Crippen LogP contribution < -0.4 is 0 Å². The number of hydroxylamine groups is 2. The molecular weight excluding hydrogens is 610 g/mol. The Hall–Kier alpha value is -5.30. The lowest BCUT2D eigenvalue weighted by Crippen LogP contribution is -2.53. The third-order valence-electron chi connectivity index (χ3n) is 8.60. The average molecular weight is 646 g/mol. The maximum atomic E-state index is 14.3. The Bertz CT molecular complexity index is 1700. The van der Waals surface area contributed by atoms with Gasteiger partial charge in [0, 0.05) is 36.4 Å². The summed E-state index contributed by atoms with van der Waals surface area (Å²) in [5.74, 6) is -3.97. The van der Waals surface area contributed by atoms with Crippen molar-refractivity contribution in [3.63, 3.8) is 0 Å². The topological polar surface area (TPSA) is 155 Å². The quantitative estimate of drug-likeness (QED) is 0.166. The number of likely N-dealkylation sites (tertiary alicyclic amines) is 1. The maximum Gasteiger partial charge on any atom is 0.356 e. The molecule has 2 aromatic carbocycles.